The summed E-state index contributed by atoms with van der Waals surface area (Å²) in [6.07, 6.45) is 0.688. The second-order valence-electron chi connectivity index (χ2n) is 6.85. The Morgan fingerprint density at radius 2 is 1.00 bits per heavy atom. The van der Waals surface area contributed by atoms with E-state index in [1.807, 2.05) is 70.5 Å². The summed E-state index contributed by atoms with van der Waals surface area (Å²) in [6, 6.07) is 19.5. The lowest BCUT2D eigenvalue weighted by Gasteiger charge is -2.40. The molecular weight excluding hydrogens is 356 g/mol. The number of esters is 2. The lowest BCUT2D eigenvalue weighted by molar-refractivity contribution is -0.142. The minimum Gasteiger partial charge on any atom is -0.440 e. The fourth-order valence-corrected chi connectivity index (χ4v) is 3.90. The third-order valence-corrected chi connectivity index (χ3v) is 5.31. The van der Waals surface area contributed by atoms with Crippen LogP contribution in [0.3, 0.4) is 0 Å². The first-order valence-electron chi connectivity index (χ1n) is 9.16. The summed E-state index contributed by atoms with van der Waals surface area (Å²) < 4.78 is 10.9. The predicted octanol–water partition coefficient (Wildman–Crippen LogP) is 3.33. The van der Waals surface area contributed by atoms with E-state index in [2.05, 4.69) is 0 Å². The summed E-state index contributed by atoms with van der Waals surface area (Å²) in [5.41, 5.74) is 4.68. The van der Waals surface area contributed by atoms with Gasteiger partial charge in [-0.2, -0.15) is 0 Å². The number of para-hydroxylation sites is 2. The molecule has 0 saturated heterocycles. The Labute approximate surface area is 162 Å². The van der Waals surface area contributed by atoms with Gasteiger partial charge < -0.3 is 19.3 Å². The SMILES string of the molecule is O=C1OCN(c2ccccc2)C2=C1CC1=C(C2)C(=O)OCN1c1ccccc1. The molecule has 6 heteroatoms. The standard InChI is InChI=1S/C22H18N2O4/c25-21-17-12-20-18(22(26)28-14-24(20)16-9-5-2-6-10-16)11-19(17)23(13-27-21)15-7-3-1-4-8-15/h1-10H,11-14H2. The van der Waals surface area contributed by atoms with Gasteiger partial charge in [0.1, 0.15) is 0 Å². The Morgan fingerprint density at radius 1 is 0.607 bits per heavy atom. The first-order chi connectivity index (χ1) is 13.7. The van der Waals surface area contributed by atoms with Crippen LogP contribution in [0, 0.1) is 0 Å². The molecule has 0 aromatic heterocycles. The molecule has 0 N–H and O–H groups in total. The normalized spacial score (nSPS) is 19.1. The second-order valence-corrected chi connectivity index (χ2v) is 6.85. The first kappa shape index (κ1) is 16.6. The van der Waals surface area contributed by atoms with Crippen molar-refractivity contribution in [3.63, 3.8) is 0 Å². The highest BCUT2D eigenvalue weighted by atomic mass is 16.6. The third-order valence-electron chi connectivity index (χ3n) is 5.31. The molecule has 0 spiro atoms. The molecule has 0 bridgehead atoms. The minimum absolute atomic E-state index is 0.141. The average molecular weight is 374 g/mol. The van der Waals surface area contributed by atoms with E-state index in [1.165, 1.54) is 0 Å². The van der Waals surface area contributed by atoms with Gasteiger partial charge in [0.25, 0.3) is 0 Å². The van der Waals surface area contributed by atoms with E-state index >= 15 is 0 Å². The fourth-order valence-electron chi connectivity index (χ4n) is 3.90. The highest BCUT2D eigenvalue weighted by Crippen LogP contribution is 2.41. The number of nitrogens with zero attached hydrogens (tertiary/aromatic N) is 2. The van der Waals surface area contributed by atoms with Crippen molar-refractivity contribution in [2.45, 2.75) is 12.8 Å². The van der Waals surface area contributed by atoms with Crippen LogP contribution in [0.5, 0.6) is 0 Å². The molecule has 0 radical (unpaired) electrons. The first-order valence-corrected chi connectivity index (χ1v) is 9.16. The Bertz CT molecular complexity index is 928. The van der Waals surface area contributed by atoms with Crippen LogP contribution in [0.2, 0.25) is 0 Å². The van der Waals surface area contributed by atoms with Crippen molar-refractivity contribution in [3.05, 3.63) is 83.2 Å². The number of hydrogen-bond acceptors (Lipinski definition) is 6. The van der Waals surface area contributed by atoms with Gasteiger partial charge in [0, 0.05) is 35.6 Å². The van der Waals surface area contributed by atoms with Gasteiger partial charge in [0.05, 0.1) is 11.1 Å². The van der Waals surface area contributed by atoms with E-state index < -0.39 is 0 Å². The Balaban J connectivity index is 1.56. The van der Waals surface area contributed by atoms with Gasteiger partial charge in [0.2, 0.25) is 0 Å². The summed E-state index contributed by atoms with van der Waals surface area (Å²) in [6.45, 7) is 0.281. The fraction of sp³-hybridized carbons (Fsp3) is 0.182. The van der Waals surface area contributed by atoms with E-state index in [9.17, 15) is 9.59 Å². The largest absolute Gasteiger partial charge is 0.440 e. The number of allylic oxidation sites excluding steroid dienone is 2. The number of hydrogen-bond donors (Lipinski definition) is 0. The predicted molar refractivity (Wildman–Crippen MR) is 103 cm³/mol. The zero-order chi connectivity index (χ0) is 19.1. The van der Waals surface area contributed by atoms with Gasteiger partial charge in [0.15, 0.2) is 13.5 Å². The van der Waals surface area contributed by atoms with Crippen molar-refractivity contribution in [1.29, 1.82) is 0 Å². The van der Waals surface area contributed by atoms with E-state index in [-0.39, 0.29) is 25.4 Å². The molecule has 0 unspecified atom stereocenters. The van der Waals surface area contributed by atoms with Gasteiger partial charge in [-0.1, -0.05) is 36.4 Å². The van der Waals surface area contributed by atoms with Crippen LogP contribution < -0.4 is 9.80 Å². The Kier molecular flexibility index (Phi) is 3.90. The lowest BCUT2D eigenvalue weighted by Crippen LogP contribution is -2.42. The van der Waals surface area contributed by atoms with Crippen LogP contribution >= 0.6 is 0 Å². The van der Waals surface area contributed by atoms with Crippen molar-refractivity contribution in [2.75, 3.05) is 23.3 Å². The number of benzene rings is 2. The van der Waals surface area contributed by atoms with Gasteiger partial charge in [-0.25, -0.2) is 9.59 Å². The molecule has 2 aromatic carbocycles. The monoisotopic (exact) mass is 374 g/mol. The molecule has 0 amide bonds. The van der Waals surface area contributed by atoms with Crippen molar-refractivity contribution in [2.24, 2.45) is 0 Å². The molecule has 1 aliphatic carbocycles. The molecule has 5 rings (SSSR count). The molecule has 0 atom stereocenters. The van der Waals surface area contributed by atoms with Crippen LogP contribution in [0.1, 0.15) is 12.8 Å². The van der Waals surface area contributed by atoms with E-state index in [1.54, 1.807) is 0 Å². The Hall–Kier alpha value is -3.54. The number of anilines is 2. The zero-order valence-electron chi connectivity index (χ0n) is 15.1. The maximum absolute atomic E-state index is 12.5. The Morgan fingerprint density at radius 3 is 1.39 bits per heavy atom. The van der Waals surface area contributed by atoms with E-state index in [0.29, 0.717) is 24.0 Å². The second kappa shape index (κ2) is 6.56. The van der Waals surface area contributed by atoms with E-state index in [0.717, 1.165) is 22.8 Å². The maximum atomic E-state index is 12.5. The molecule has 0 fully saturated rings. The van der Waals surface area contributed by atoms with Gasteiger partial charge in [-0.3, -0.25) is 0 Å². The summed E-state index contributed by atoms with van der Waals surface area (Å²) in [7, 11) is 0. The molecular formula is C22H18N2O4. The molecule has 2 aliphatic heterocycles. The van der Waals surface area contributed by atoms with Gasteiger partial charge >= 0.3 is 11.9 Å². The third kappa shape index (κ3) is 2.65. The highest BCUT2D eigenvalue weighted by molar-refractivity contribution is 5.98. The maximum Gasteiger partial charge on any atom is 0.337 e. The van der Waals surface area contributed by atoms with Crippen LogP contribution in [-0.2, 0) is 19.1 Å². The van der Waals surface area contributed by atoms with Crippen molar-refractivity contribution in [3.8, 4) is 0 Å². The number of carbonyl (C=O) groups is 2. The van der Waals surface area contributed by atoms with Crippen LogP contribution in [0.15, 0.2) is 83.2 Å². The summed E-state index contributed by atoms with van der Waals surface area (Å²) in [4.78, 5) is 29.0. The molecule has 6 nitrogen and oxygen atoms in total. The number of carbonyl (C=O) groups excluding carboxylic acids is 2. The quantitative estimate of drug-likeness (QED) is 0.752. The molecule has 3 aliphatic rings. The molecule has 28 heavy (non-hydrogen) atoms. The molecule has 140 valence electrons. The van der Waals surface area contributed by atoms with Crippen LogP contribution in [0.4, 0.5) is 11.4 Å². The average Bonchev–Trinajstić information content (AvgIpc) is 2.75. The number of ether oxygens (including phenoxy) is 2. The zero-order valence-corrected chi connectivity index (χ0v) is 15.1. The smallest absolute Gasteiger partial charge is 0.337 e. The van der Waals surface area contributed by atoms with Crippen molar-refractivity contribution < 1.29 is 19.1 Å². The lowest BCUT2D eigenvalue weighted by atomic mass is 9.90. The van der Waals surface area contributed by atoms with Gasteiger partial charge in [-0.15, -0.1) is 0 Å². The topological polar surface area (TPSA) is 59.1 Å². The number of cyclic esters (lactones) is 2. The van der Waals surface area contributed by atoms with E-state index in [4.69, 9.17) is 9.47 Å². The summed E-state index contributed by atoms with van der Waals surface area (Å²) in [5, 5.41) is 0. The molecule has 2 aromatic rings. The minimum atomic E-state index is -0.319. The summed E-state index contributed by atoms with van der Waals surface area (Å²) >= 11 is 0. The molecule has 2 heterocycles. The van der Waals surface area contributed by atoms with Crippen molar-refractivity contribution in [1.82, 2.24) is 0 Å². The molecule has 0 saturated carbocycles. The van der Waals surface area contributed by atoms with Crippen molar-refractivity contribution >= 4 is 23.3 Å². The van der Waals surface area contributed by atoms with Gasteiger partial charge in [-0.05, 0) is 24.3 Å². The van der Waals surface area contributed by atoms with Crippen LogP contribution in [-0.4, -0.2) is 25.4 Å². The number of rotatable bonds is 2. The highest BCUT2D eigenvalue weighted by Gasteiger charge is 2.39. The van der Waals surface area contributed by atoms with Crippen LogP contribution in [0.25, 0.3) is 0 Å². The summed E-state index contributed by atoms with van der Waals surface area (Å²) in [5.74, 6) is -0.638.